The van der Waals surface area contributed by atoms with Gasteiger partial charge in [0, 0.05) is 17.5 Å². The number of benzene rings is 2. The van der Waals surface area contributed by atoms with E-state index < -0.39 is 44.1 Å². The van der Waals surface area contributed by atoms with Gasteiger partial charge < -0.3 is 5.32 Å². The predicted octanol–water partition coefficient (Wildman–Crippen LogP) is 4.07. The Hall–Kier alpha value is -3.47. The van der Waals surface area contributed by atoms with Gasteiger partial charge in [0.2, 0.25) is 0 Å². The van der Waals surface area contributed by atoms with Gasteiger partial charge in [-0.05, 0) is 54.4 Å². The highest BCUT2D eigenvalue weighted by Crippen LogP contribution is 2.34. The molecule has 11 heteroatoms. The monoisotopic (exact) mass is 477 g/mol. The molecular formula is C22H18F3N3O4S. The molecule has 1 saturated heterocycles. The van der Waals surface area contributed by atoms with Crippen molar-refractivity contribution in [3.63, 3.8) is 0 Å². The number of alkyl halides is 3. The van der Waals surface area contributed by atoms with E-state index in [1.807, 2.05) is 25.1 Å². The Kier molecular flexibility index (Phi) is 5.39. The van der Waals surface area contributed by atoms with Crippen LogP contribution in [0.5, 0.6) is 0 Å². The molecule has 7 nitrogen and oxygen atoms in total. The molecule has 33 heavy (non-hydrogen) atoms. The summed E-state index contributed by atoms with van der Waals surface area (Å²) >= 11 is 0. The molecular weight excluding hydrogens is 459 g/mol. The van der Waals surface area contributed by atoms with E-state index in [4.69, 9.17) is 0 Å². The number of carbonyl (C=O) groups is 2. The average molecular weight is 477 g/mol. The molecule has 172 valence electrons. The van der Waals surface area contributed by atoms with Crippen molar-refractivity contribution < 1.29 is 31.2 Å². The number of urea groups is 1. The zero-order valence-electron chi connectivity index (χ0n) is 17.4. The van der Waals surface area contributed by atoms with Gasteiger partial charge in [0.1, 0.15) is 6.04 Å². The first kappa shape index (κ1) is 22.7. The number of amides is 3. The number of aromatic nitrogens is 1. The highest BCUT2D eigenvalue weighted by atomic mass is 32.2. The Balaban J connectivity index is 1.64. The van der Waals surface area contributed by atoms with Crippen LogP contribution in [0.25, 0.3) is 10.9 Å². The van der Waals surface area contributed by atoms with Crippen molar-refractivity contribution in [3.8, 4) is 0 Å². The Morgan fingerprint density at radius 3 is 2.36 bits per heavy atom. The van der Waals surface area contributed by atoms with Crippen molar-refractivity contribution in [3.05, 3.63) is 65.9 Å². The second-order valence-corrected chi connectivity index (χ2v) is 9.69. The minimum absolute atomic E-state index is 0.0384. The molecule has 1 fully saturated rings. The van der Waals surface area contributed by atoms with Crippen molar-refractivity contribution in [1.82, 2.24) is 10.3 Å². The van der Waals surface area contributed by atoms with Crippen LogP contribution < -0.4 is 10.2 Å². The molecule has 1 aliphatic heterocycles. The number of halogens is 3. The number of fused-ring (bicyclic) bond motifs is 1. The molecule has 2 atom stereocenters. The summed E-state index contributed by atoms with van der Waals surface area (Å²) in [5.41, 5.74) is -2.93. The van der Waals surface area contributed by atoms with Crippen LogP contribution in [0.15, 0.2) is 59.6 Å². The molecule has 2 unspecified atom stereocenters. The predicted molar refractivity (Wildman–Crippen MR) is 114 cm³/mol. The Morgan fingerprint density at radius 2 is 1.73 bits per heavy atom. The number of rotatable bonds is 4. The van der Waals surface area contributed by atoms with E-state index in [-0.39, 0.29) is 5.69 Å². The lowest BCUT2D eigenvalue weighted by Gasteiger charge is -2.20. The lowest BCUT2D eigenvalue weighted by Crippen LogP contribution is -2.35. The van der Waals surface area contributed by atoms with Crippen molar-refractivity contribution in [2.75, 3.05) is 4.90 Å². The third-order valence-electron chi connectivity index (χ3n) is 5.60. The number of hydrogen-bond acceptors (Lipinski definition) is 5. The van der Waals surface area contributed by atoms with Gasteiger partial charge in [-0.3, -0.25) is 9.78 Å². The maximum absolute atomic E-state index is 13.1. The van der Waals surface area contributed by atoms with E-state index in [1.54, 1.807) is 19.2 Å². The Morgan fingerprint density at radius 1 is 1.06 bits per heavy atom. The number of imide groups is 1. The van der Waals surface area contributed by atoms with Crippen LogP contribution in [-0.4, -0.2) is 36.9 Å². The van der Waals surface area contributed by atoms with Crippen molar-refractivity contribution in [1.29, 1.82) is 0 Å². The van der Waals surface area contributed by atoms with E-state index in [0.717, 1.165) is 39.1 Å². The lowest BCUT2D eigenvalue weighted by molar-refractivity contribution is -0.118. The third kappa shape index (κ3) is 3.82. The summed E-state index contributed by atoms with van der Waals surface area (Å²) in [5.74, 6) is -1.04. The minimum Gasteiger partial charge on any atom is -0.325 e. The standard InChI is InChI=1S/C22H18F3N3O4S/c1-12-3-8-17-16(9-10-26-18(17)11-12)13(2)19-20(29)28(21(30)27-19)14-4-6-15(7-5-14)33(31,32)22(23,24)25/h3-11,13,19H,1-2H3,(H,27,30). The molecule has 3 amide bonds. The van der Waals surface area contributed by atoms with Crippen molar-refractivity contribution in [2.24, 2.45) is 0 Å². The zero-order valence-corrected chi connectivity index (χ0v) is 18.2. The summed E-state index contributed by atoms with van der Waals surface area (Å²) in [5, 5.41) is 3.45. The number of aryl methyl sites for hydroxylation is 1. The van der Waals surface area contributed by atoms with Gasteiger partial charge in [-0.1, -0.05) is 19.1 Å². The lowest BCUT2D eigenvalue weighted by atomic mass is 9.90. The van der Waals surface area contributed by atoms with Gasteiger partial charge in [0.25, 0.3) is 15.7 Å². The number of anilines is 1. The van der Waals surface area contributed by atoms with Crippen LogP contribution in [0.2, 0.25) is 0 Å². The maximum Gasteiger partial charge on any atom is 0.501 e. The quantitative estimate of drug-likeness (QED) is 0.572. The maximum atomic E-state index is 13.1. The topological polar surface area (TPSA) is 96.4 Å². The normalized spacial score (nSPS) is 18.0. The zero-order chi connectivity index (χ0) is 24.1. The number of nitrogens with one attached hydrogen (secondary N) is 1. The van der Waals surface area contributed by atoms with Gasteiger partial charge >= 0.3 is 11.5 Å². The highest BCUT2D eigenvalue weighted by Gasteiger charge is 2.47. The van der Waals surface area contributed by atoms with Crippen LogP contribution in [0.1, 0.15) is 24.0 Å². The van der Waals surface area contributed by atoms with Crippen LogP contribution in [-0.2, 0) is 14.6 Å². The first-order valence-corrected chi connectivity index (χ1v) is 11.3. The van der Waals surface area contributed by atoms with Gasteiger partial charge in [-0.15, -0.1) is 0 Å². The molecule has 0 saturated carbocycles. The van der Waals surface area contributed by atoms with Gasteiger partial charge in [-0.25, -0.2) is 18.1 Å². The Labute approximate surface area is 187 Å². The van der Waals surface area contributed by atoms with E-state index in [2.05, 4.69) is 10.3 Å². The van der Waals surface area contributed by atoms with Crippen LogP contribution >= 0.6 is 0 Å². The van der Waals surface area contributed by atoms with Gasteiger partial charge in [-0.2, -0.15) is 13.2 Å². The number of nitrogens with zero attached hydrogens (tertiary/aromatic N) is 2. The summed E-state index contributed by atoms with van der Waals surface area (Å²) < 4.78 is 61.4. The molecule has 3 aromatic rings. The largest absolute Gasteiger partial charge is 0.501 e. The van der Waals surface area contributed by atoms with E-state index in [0.29, 0.717) is 12.1 Å². The highest BCUT2D eigenvalue weighted by molar-refractivity contribution is 7.92. The first-order valence-electron chi connectivity index (χ1n) is 9.83. The molecule has 0 aliphatic carbocycles. The second kappa shape index (κ2) is 7.84. The molecule has 4 rings (SSSR count). The van der Waals surface area contributed by atoms with E-state index >= 15 is 0 Å². The number of hydrogen-bond donors (Lipinski definition) is 1. The molecule has 1 N–H and O–H groups in total. The number of sulfone groups is 1. The van der Waals surface area contributed by atoms with Crippen LogP contribution in [0, 0.1) is 6.92 Å². The fraction of sp³-hybridized carbons (Fsp3) is 0.227. The average Bonchev–Trinajstić information content (AvgIpc) is 3.05. The second-order valence-electron chi connectivity index (χ2n) is 7.75. The van der Waals surface area contributed by atoms with Crippen molar-refractivity contribution >= 4 is 38.4 Å². The number of carbonyl (C=O) groups excluding carboxylic acids is 2. The number of pyridine rings is 1. The van der Waals surface area contributed by atoms with E-state index in [1.165, 1.54) is 0 Å². The SMILES string of the molecule is Cc1ccc2c(C(C)C3NC(=O)N(c4ccc(S(=O)(=O)C(F)(F)F)cc4)C3=O)ccnc2c1. The fourth-order valence-corrected chi connectivity index (χ4v) is 4.61. The summed E-state index contributed by atoms with van der Waals surface area (Å²) in [6, 6.07) is 9.22. The van der Waals surface area contributed by atoms with Crippen LogP contribution in [0.3, 0.4) is 0 Å². The minimum atomic E-state index is -5.54. The summed E-state index contributed by atoms with van der Waals surface area (Å²) in [7, 11) is -5.54. The molecule has 2 heterocycles. The fourth-order valence-electron chi connectivity index (χ4n) is 3.85. The summed E-state index contributed by atoms with van der Waals surface area (Å²) in [6.07, 6.45) is 1.62. The van der Waals surface area contributed by atoms with Crippen LogP contribution in [0.4, 0.5) is 23.7 Å². The molecule has 2 aromatic carbocycles. The molecule has 0 radical (unpaired) electrons. The summed E-state index contributed by atoms with van der Waals surface area (Å²) in [6.45, 7) is 3.71. The third-order valence-corrected chi connectivity index (χ3v) is 7.10. The Bertz CT molecular complexity index is 1370. The molecule has 1 aromatic heterocycles. The summed E-state index contributed by atoms with van der Waals surface area (Å²) in [4.78, 5) is 29.8. The van der Waals surface area contributed by atoms with Gasteiger partial charge in [0.15, 0.2) is 0 Å². The molecule has 1 aliphatic rings. The first-order chi connectivity index (χ1) is 15.4. The van der Waals surface area contributed by atoms with Gasteiger partial charge in [0.05, 0.1) is 16.1 Å². The van der Waals surface area contributed by atoms with Crippen molar-refractivity contribution in [2.45, 2.75) is 36.2 Å². The molecule has 0 bridgehead atoms. The van der Waals surface area contributed by atoms with E-state index in [9.17, 15) is 31.2 Å². The smallest absolute Gasteiger partial charge is 0.325 e. The molecule has 0 spiro atoms.